The van der Waals surface area contributed by atoms with Gasteiger partial charge in [-0.1, -0.05) is 13.8 Å². The molecule has 0 aromatic heterocycles. The minimum Gasteiger partial charge on any atom is -0.314 e. The van der Waals surface area contributed by atoms with E-state index >= 15 is 0 Å². The summed E-state index contributed by atoms with van der Waals surface area (Å²) in [5.41, 5.74) is 0.629. The predicted octanol–water partition coefficient (Wildman–Crippen LogP) is 1.65. The van der Waals surface area contributed by atoms with E-state index in [-0.39, 0.29) is 0 Å². The van der Waals surface area contributed by atoms with Gasteiger partial charge < -0.3 is 15.1 Å². The Kier molecular flexibility index (Phi) is 6.45. The average molecular weight is 241 g/mol. The zero-order valence-electron chi connectivity index (χ0n) is 12.3. The number of rotatable bonds is 8. The zero-order chi connectivity index (χ0) is 12.7. The molecule has 3 nitrogen and oxygen atoms in total. The molecule has 0 amide bonds. The Morgan fingerprint density at radius 2 is 1.88 bits per heavy atom. The number of nitrogens with zero attached hydrogens (tertiary/aromatic N) is 2. The SMILES string of the molecule is CCC1(CC)CCN(CCNCCN(C)C)C1. The highest BCUT2D eigenvalue weighted by atomic mass is 15.2. The molecule has 102 valence electrons. The summed E-state index contributed by atoms with van der Waals surface area (Å²) in [5.74, 6) is 0. The normalized spacial score (nSPS) is 20.3. The van der Waals surface area contributed by atoms with E-state index in [2.05, 4.69) is 43.1 Å². The van der Waals surface area contributed by atoms with Crippen LogP contribution in [-0.4, -0.2) is 63.2 Å². The fourth-order valence-electron chi connectivity index (χ4n) is 2.71. The third-order valence-electron chi connectivity index (χ3n) is 4.36. The molecule has 1 aliphatic rings. The van der Waals surface area contributed by atoms with Crippen molar-refractivity contribution < 1.29 is 0 Å². The van der Waals surface area contributed by atoms with E-state index in [1.807, 2.05) is 0 Å². The molecule has 1 heterocycles. The summed E-state index contributed by atoms with van der Waals surface area (Å²) in [4.78, 5) is 4.86. The van der Waals surface area contributed by atoms with Gasteiger partial charge in [-0.05, 0) is 45.3 Å². The van der Waals surface area contributed by atoms with Crippen LogP contribution < -0.4 is 5.32 Å². The van der Waals surface area contributed by atoms with Gasteiger partial charge in [-0.15, -0.1) is 0 Å². The van der Waals surface area contributed by atoms with Crippen molar-refractivity contribution in [1.82, 2.24) is 15.1 Å². The second-order valence-electron chi connectivity index (χ2n) is 5.79. The van der Waals surface area contributed by atoms with E-state index in [0.29, 0.717) is 5.41 Å². The van der Waals surface area contributed by atoms with Gasteiger partial charge in [-0.25, -0.2) is 0 Å². The largest absolute Gasteiger partial charge is 0.314 e. The highest BCUT2D eigenvalue weighted by Crippen LogP contribution is 2.36. The molecule has 0 spiro atoms. The Morgan fingerprint density at radius 3 is 2.41 bits per heavy atom. The van der Waals surface area contributed by atoms with Gasteiger partial charge in [-0.3, -0.25) is 0 Å². The van der Waals surface area contributed by atoms with E-state index in [1.54, 1.807) is 0 Å². The molecular weight excluding hydrogens is 210 g/mol. The van der Waals surface area contributed by atoms with Gasteiger partial charge in [0.2, 0.25) is 0 Å². The molecule has 0 saturated carbocycles. The molecule has 0 aromatic rings. The second kappa shape index (κ2) is 7.34. The molecule has 0 aliphatic carbocycles. The quantitative estimate of drug-likeness (QED) is 0.652. The van der Waals surface area contributed by atoms with Crippen molar-refractivity contribution in [2.75, 3.05) is 53.4 Å². The van der Waals surface area contributed by atoms with Gasteiger partial charge in [0.1, 0.15) is 0 Å². The second-order valence-corrected chi connectivity index (χ2v) is 5.79. The summed E-state index contributed by atoms with van der Waals surface area (Å²) in [5, 5.41) is 3.52. The third-order valence-corrected chi connectivity index (χ3v) is 4.36. The molecule has 1 N–H and O–H groups in total. The molecular formula is C14H31N3. The predicted molar refractivity (Wildman–Crippen MR) is 75.5 cm³/mol. The molecule has 17 heavy (non-hydrogen) atoms. The van der Waals surface area contributed by atoms with Crippen LogP contribution in [0, 0.1) is 5.41 Å². The first-order chi connectivity index (χ1) is 8.12. The first kappa shape index (κ1) is 14.9. The van der Waals surface area contributed by atoms with Gasteiger partial charge in [0, 0.05) is 32.7 Å². The number of nitrogens with one attached hydrogen (secondary N) is 1. The van der Waals surface area contributed by atoms with E-state index in [9.17, 15) is 0 Å². The fourth-order valence-corrected chi connectivity index (χ4v) is 2.71. The van der Waals surface area contributed by atoms with E-state index in [4.69, 9.17) is 0 Å². The molecule has 1 aliphatic heterocycles. The maximum atomic E-state index is 3.52. The summed E-state index contributed by atoms with van der Waals surface area (Å²) >= 11 is 0. The molecule has 1 saturated heterocycles. The molecule has 1 fully saturated rings. The van der Waals surface area contributed by atoms with Crippen molar-refractivity contribution in [2.24, 2.45) is 5.41 Å². The summed E-state index contributed by atoms with van der Waals surface area (Å²) in [6.45, 7) is 11.9. The minimum absolute atomic E-state index is 0.629. The monoisotopic (exact) mass is 241 g/mol. The van der Waals surface area contributed by atoms with Crippen molar-refractivity contribution in [3.05, 3.63) is 0 Å². The lowest BCUT2D eigenvalue weighted by Crippen LogP contribution is -2.35. The summed E-state index contributed by atoms with van der Waals surface area (Å²) in [6.07, 6.45) is 4.08. The first-order valence-corrected chi connectivity index (χ1v) is 7.19. The number of likely N-dealkylation sites (N-methyl/N-ethyl adjacent to an activating group) is 1. The first-order valence-electron chi connectivity index (χ1n) is 7.19. The van der Waals surface area contributed by atoms with Crippen molar-refractivity contribution in [1.29, 1.82) is 0 Å². The molecule has 3 heteroatoms. The number of hydrogen-bond acceptors (Lipinski definition) is 3. The summed E-state index contributed by atoms with van der Waals surface area (Å²) in [7, 11) is 4.25. The van der Waals surface area contributed by atoms with E-state index in [0.717, 1.165) is 19.6 Å². The molecule has 0 bridgehead atoms. The van der Waals surface area contributed by atoms with Crippen LogP contribution in [0.2, 0.25) is 0 Å². The van der Waals surface area contributed by atoms with Crippen LogP contribution in [0.15, 0.2) is 0 Å². The van der Waals surface area contributed by atoms with Crippen LogP contribution in [0.25, 0.3) is 0 Å². The van der Waals surface area contributed by atoms with Gasteiger partial charge in [0.25, 0.3) is 0 Å². The molecule has 0 unspecified atom stereocenters. The van der Waals surface area contributed by atoms with Crippen molar-refractivity contribution >= 4 is 0 Å². The van der Waals surface area contributed by atoms with Crippen LogP contribution in [0.4, 0.5) is 0 Å². The Hall–Kier alpha value is -0.120. The molecule has 1 rings (SSSR count). The van der Waals surface area contributed by atoms with Gasteiger partial charge in [0.05, 0.1) is 0 Å². The lowest BCUT2D eigenvalue weighted by Gasteiger charge is -2.26. The van der Waals surface area contributed by atoms with Crippen LogP contribution >= 0.6 is 0 Å². The van der Waals surface area contributed by atoms with Gasteiger partial charge >= 0.3 is 0 Å². The Bertz CT molecular complexity index is 200. The molecule has 0 atom stereocenters. The summed E-state index contributed by atoms with van der Waals surface area (Å²) < 4.78 is 0. The average Bonchev–Trinajstić information content (AvgIpc) is 2.73. The Morgan fingerprint density at radius 1 is 1.18 bits per heavy atom. The van der Waals surface area contributed by atoms with Crippen molar-refractivity contribution in [3.63, 3.8) is 0 Å². The van der Waals surface area contributed by atoms with Crippen molar-refractivity contribution in [2.45, 2.75) is 33.1 Å². The third kappa shape index (κ3) is 4.94. The lowest BCUT2D eigenvalue weighted by atomic mass is 9.82. The van der Waals surface area contributed by atoms with E-state index < -0.39 is 0 Å². The number of likely N-dealkylation sites (tertiary alicyclic amines) is 1. The van der Waals surface area contributed by atoms with Gasteiger partial charge in [-0.2, -0.15) is 0 Å². The molecule has 0 aromatic carbocycles. The highest BCUT2D eigenvalue weighted by molar-refractivity contribution is 4.87. The van der Waals surface area contributed by atoms with Crippen LogP contribution in [0.1, 0.15) is 33.1 Å². The zero-order valence-corrected chi connectivity index (χ0v) is 12.3. The van der Waals surface area contributed by atoms with Crippen molar-refractivity contribution in [3.8, 4) is 0 Å². The van der Waals surface area contributed by atoms with Crippen LogP contribution in [0.3, 0.4) is 0 Å². The number of hydrogen-bond donors (Lipinski definition) is 1. The molecule has 0 radical (unpaired) electrons. The Labute approximate surface area is 108 Å². The lowest BCUT2D eigenvalue weighted by molar-refractivity contribution is 0.240. The Balaban J connectivity index is 2.10. The smallest absolute Gasteiger partial charge is 0.0107 e. The van der Waals surface area contributed by atoms with Crippen LogP contribution in [0.5, 0.6) is 0 Å². The highest BCUT2D eigenvalue weighted by Gasteiger charge is 2.34. The minimum atomic E-state index is 0.629. The maximum absolute atomic E-state index is 3.52. The van der Waals surface area contributed by atoms with E-state index in [1.165, 1.54) is 38.9 Å². The fraction of sp³-hybridized carbons (Fsp3) is 1.00. The topological polar surface area (TPSA) is 18.5 Å². The maximum Gasteiger partial charge on any atom is 0.0107 e. The van der Waals surface area contributed by atoms with Crippen LogP contribution in [-0.2, 0) is 0 Å². The summed E-state index contributed by atoms with van der Waals surface area (Å²) in [6, 6.07) is 0. The van der Waals surface area contributed by atoms with Gasteiger partial charge in [0.15, 0.2) is 0 Å². The standard InChI is InChI=1S/C14H31N3/c1-5-14(6-2)7-10-17(13-14)12-9-15-8-11-16(3)4/h15H,5-13H2,1-4H3.